The molecular formula is C19H23ClFNO4S. The molecule has 0 amide bonds. The van der Waals surface area contributed by atoms with Gasteiger partial charge in [0.2, 0.25) is 10.0 Å². The molecule has 27 heavy (non-hydrogen) atoms. The fourth-order valence-electron chi connectivity index (χ4n) is 2.99. The lowest BCUT2D eigenvalue weighted by Gasteiger charge is -2.26. The molecule has 0 bridgehead atoms. The summed E-state index contributed by atoms with van der Waals surface area (Å²) in [6.45, 7) is 0.193. The molecule has 2 unspecified atom stereocenters. The van der Waals surface area contributed by atoms with Gasteiger partial charge in [0.1, 0.15) is 10.7 Å². The van der Waals surface area contributed by atoms with Crippen molar-refractivity contribution in [2.24, 2.45) is 11.8 Å². The molecule has 0 aliphatic heterocycles. The summed E-state index contributed by atoms with van der Waals surface area (Å²) in [5, 5.41) is 8.78. The Kier molecular flexibility index (Phi) is 8.01. The highest BCUT2D eigenvalue weighted by Crippen LogP contribution is 2.27. The number of hydrogen-bond donors (Lipinski definition) is 2. The second kappa shape index (κ2) is 10.0. The minimum Gasteiger partial charge on any atom is -0.481 e. The lowest BCUT2D eigenvalue weighted by Crippen LogP contribution is -2.33. The molecule has 1 aromatic carbocycles. The Labute approximate surface area is 164 Å². The predicted octanol–water partition coefficient (Wildman–Crippen LogP) is 4.15. The summed E-state index contributed by atoms with van der Waals surface area (Å²) in [7, 11) is -3.97. The van der Waals surface area contributed by atoms with Gasteiger partial charge in [-0.1, -0.05) is 35.9 Å². The number of carboxylic acid groups (broad SMARTS) is 1. The van der Waals surface area contributed by atoms with Crippen molar-refractivity contribution < 1.29 is 22.7 Å². The van der Waals surface area contributed by atoms with E-state index in [0.717, 1.165) is 25.0 Å². The maximum Gasteiger partial charge on any atom is 0.303 e. The standard InChI is InChI=1S/C19H23ClFNO4S/c20-16-10-11-18(17(21)12-16)27(25,26)22-13-15-8-5-4-7-14(15)6-2-1-3-9-19(23)24/h2,4-6,10-12,14-15,22H,1,3,7-9,13H2,(H,23,24)/b6-2-. The number of unbranched alkanes of at least 4 members (excludes halogenated alkanes) is 1. The zero-order valence-corrected chi connectivity index (χ0v) is 16.3. The second-order valence-electron chi connectivity index (χ2n) is 6.51. The highest BCUT2D eigenvalue weighted by Gasteiger charge is 2.24. The largest absolute Gasteiger partial charge is 0.481 e. The molecule has 2 rings (SSSR count). The van der Waals surface area contributed by atoms with Crippen LogP contribution in [0.3, 0.4) is 0 Å². The molecule has 2 N–H and O–H groups in total. The van der Waals surface area contributed by atoms with Crippen molar-refractivity contribution in [2.75, 3.05) is 6.54 Å². The first-order valence-corrected chi connectivity index (χ1v) is 10.6. The Bertz CT molecular complexity index is 823. The van der Waals surface area contributed by atoms with Crippen LogP contribution in [0.2, 0.25) is 5.02 Å². The van der Waals surface area contributed by atoms with Crippen LogP contribution in [0.25, 0.3) is 0 Å². The summed E-state index contributed by atoms with van der Waals surface area (Å²) in [4.78, 5) is 10.1. The third kappa shape index (κ3) is 6.75. The molecule has 148 valence electrons. The SMILES string of the molecule is O=C(O)CCC/C=C\C1CC=CCC1CNS(=O)(=O)c1ccc(Cl)cc1F. The van der Waals surface area contributed by atoms with E-state index in [1.807, 2.05) is 18.2 Å². The highest BCUT2D eigenvalue weighted by atomic mass is 35.5. The van der Waals surface area contributed by atoms with Crippen molar-refractivity contribution in [1.82, 2.24) is 4.72 Å². The van der Waals surface area contributed by atoms with Crippen LogP contribution in [-0.2, 0) is 14.8 Å². The van der Waals surface area contributed by atoms with E-state index in [4.69, 9.17) is 16.7 Å². The zero-order chi connectivity index (χ0) is 19.9. The predicted molar refractivity (Wildman–Crippen MR) is 103 cm³/mol. The summed E-state index contributed by atoms with van der Waals surface area (Å²) < 4.78 is 41.2. The number of nitrogens with one attached hydrogen (secondary N) is 1. The van der Waals surface area contributed by atoms with E-state index in [2.05, 4.69) is 10.8 Å². The maximum atomic E-state index is 13.9. The first-order valence-electron chi connectivity index (χ1n) is 8.78. The first kappa shape index (κ1) is 21.6. The van der Waals surface area contributed by atoms with Gasteiger partial charge in [0.05, 0.1) is 0 Å². The molecule has 8 heteroatoms. The quantitative estimate of drug-likeness (QED) is 0.468. The number of allylic oxidation sites excluding steroid dienone is 4. The smallest absolute Gasteiger partial charge is 0.303 e. The van der Waals surface area contributed by atoms with E-state index < -0.39 is 26.7 Å². The molecule has 1 aliphatic carbocycles. The van der Waals surface area contributed by atoms with E-state index in [0.29, 0.717) is 12.8 Å². The van der Waals surface area contributed by atoms with Crippen molar-refractivity contribution in [3.63, 3.8) is 0 Å². The topological polar surface area (TPSA) is 83.5 Å². The van der Waals surface area contributed by atoms with Gasteiger partial charge in [-0.05, 0) is 55.7 Å². The molecule has 0 fully saturated rings. The van der Waals surface area contributed by atoms with Gasteiger partial charge in [0.25, 0.3) is 0 Å². The normalized spacial score (nSPS) is 20.2. The van der Waals surface area contributed by atoms with Crippen molar-refractivity contribution in [3.8, 4) is 0 Å². The number of aliphatic carboxylic acids is 1. The van der Waals surface area contributed by atoms with Crippen LogP contribution in [0.5, 0.6) is 0 Å². The zero-order valence-electron chi connectivity index (χ0n) is 14.8. The summed E-state index contributed by atoms with van der Waals surface area (Å²) in [6, 6.07) is 3.47. The summed E-state index contributed by atoms with van der Waals surface area (Å²) in [5.74, 6) is -1.49. The van der Waals surface area contributed by atoms with Gasteiger partial charge in [-0.25, -0.2) is 17.5 Å². The van der Waals surface area contributed by atoms with E-state index in [1.54, 1.807) is 0 Å². The summed E-state index contributed by atoms with van der Waals surface area (Å²) in [5.41, 5.74) is 0. The Morgan fingerprint density at radius 1 is 1.33 bits per heavy atom. The first-order chi connectivity index (χ1) is 12.8. The van der Waals surface area contributed by atoms with Crippen LogP contribution in [0.4, 0.5) is 4.39 Å². The molecule has 0 aromatic heterocycles. The third-order valence-corrected chi connectivity index (χ3v) is 6.17. The molecule has 0 saturated heterocycles. The van der Waals surface area contributed by atoms with Crippen molar-refractivity contribution in [1.29, 1.82) is 0 Å². The van der Waals surface area contributed by atoms with Crippen LogP contribution < -0.4 is 4.72 Å². The number of rotatable bonds is 9. The summed E-state index contributed by atoms with van der Waals surface area (Å²) in [6.07, 6.45) is 10.9. The number of carboxylic acids is 1. The van der Waals surface area contributed by atoms with Crippen molar-refractivity contribution >= 4 is 27.6 Å². The lowest BCUT2D eigenvalue weighted by molar-refractivity contribution is -0.137. The highest BCUT2D eigenvalue weighted by molar-refractivity contribution is 7.89. The number of benzene rings is 1. The Morgan fingerprint density at radius 2 is 2.07 bits per heavy atom. The average Bonchev–Trinajstić information content (AvgIpc) is 2.60. The van der Waals surface area contributed by atoms with Gasteiger partial charge >= 0.3 is 5.97 Å². The van der Waals surface area contributed by atoms with Gasteiger partial charge < -0.3 is 5.11 Å². The van der Waals surface area contributed by atoms with Gasteiger partial charge in [0, 0.05) is 18.0 Å². The average molecular weight is 416 g/mol. The van der Waals surface area contributed by atoms with Crippen molar-refractivity contribution in [2.45, 2.75) is 37.0 Å². The molecule has 1 aromatic rings. The molecule has 1 aliphatic rings. The number of carbonyl (C=O) groups is 1. The Morgan fingerprint density at radius 3 is 2.78 bits per heavy atom. The Balaban J connectivity index is 1.96. The fourth-order valence-corrected chi connectivity index (χ4v) is 4.30. The number of hydrogen-bond acceptors (Lipinski definition) is 3. The van der Waals surface area contributed by atoms with Crippen LogP contribution >= 0.6 is 11.6 Å². The van der Waals surface area contributed by atoms with E-state index in [1.165, 1.54) is 6.07 Å². The Hall–Kier alpha value is -1.70. The third-order valence-electron chi connectivity index (χ3n) is 4.48. The minimum atomic E-state index is -3.97. The molecule has 2 atom stereocenters. The van der Waals surface area contributed by atoms with Gasteiger partial charge in [-0.2, -0.15) is 0 Å². The number of halogens is 2. The molecule has 0 heterocycles. The maximum absolute atomic E-state index is 13.9. The van der Waals surface area contributed by atoms with Gasteiger partial charge in [0.15, 0.2) is 0 Å². The van der Waals surface area contributed by atoms with E-state index in [9.17, 15) is 17.6 Å². The van der Waals surface area contributed by atoms with E-state index in [-0.39, 0.29) is 29.8 Å². The second-order valence-corrected chi connectivity index (χ2v) is 8.68. The fraction of sp³-hybridized carbons (Fsp3) is 0.421. The summed E-state index contributed by atoms with van der Waals surface area (Å²) >= 11 is 5.67. The van der Waals surface area contributed by atoms with Crippen LogP contribution in [0.1, 0.15) is 32.1 Å². The molecular weight excluding hydrogens is 393 g/mol. The molecule has 5 nitrogen and oxygen atoms in total. The lowest BCUT2D eigenvalue weighted by atomic mass is 9.83. The molecule has 0 radical (unpaired) electrons. The molecule has 0 spiro atoms. The van der Waals surface area contributed by atoms with Gasteiger partial charge in [-0.3, -0.25) is 4.79 Å². The van der Waals surface area contributed by atoms with E-state index >= 15 is 0 Å². The van der Waals surface area contributed by atoms with Crippen LogP contribution in [0, 0.1) is 17.7 Å². The van der Waals surface area contributed by atoms with Gasteiger partial charge in [-0.15, -0.1) is 0 Å². The minimum absolute atomic E-state index is 0.0517. The monoisotopic (exact) mass is 415 g/mol. The van der Waals surface area contributed by atoms with Crippen molar-refractivity contribution in [3.05, 3.63) is 53.3 Å². The number of sulfonamides is 1. The molecule has 0 saturated carbocycles. The van der Waals surface area contributed by atoms with Crippen LogP contribution in [-0.4, -0.2) is 26.0 Å². The van der Waals surface area contributed by atoms with Crippen LogP contribution in [0.15, 0.2) is 47.4 Å².